The van der Waals surface area contributed by atoms with Crippen LogP contribution in [0.5, 0.6) is 0 Å². The third kappa shape index (κ3) is 5.98. The number of nitrogens with one attached hydrogen (secondary N) is 3. The number of nitrogens with zero attached hydrogens (tertiary/aromatic N) is 2. The van der Waals surface area contributed by atoms with E-state index in [-0.39, 0.29) is 11.8 Å². The second-order valence-electron chi connectivity index (χ2n) is 7.78. The van der Waals surface area contributed by atoms with Gasteiger partial charge in [-0.1, -0.05) is 44.7 Å². The molecule has 0 unspecified atom stereocenters. The highest BCUT2D eigenvalue weighted by molar-refractivity contribution is 5.99. The molecule has 0 atom stereocenters. The average Bonchev–Trinajstić information content (AvgIpc) is 3.60. The van der Waals surface area contributed by atoms with Gasteiger partial charge in [-0.05, 0) is 49.5 Å². The minimum absolute atomic E-state index is 0.0130. The predicted octanol–water partition coefficient (Wildman–Crippen LogP) is 5.74. The normalized spacial score (nSPS) is 13.4. The molecule has 1 aliphatic rings. The average molecular weight is 416 g/mol. The van der Waals surface area contributed by atoms with Gasteiger partial charge in [-0.2, -0.15) is 0 Å². The zero-order valence-corrected chi connectivity index (χ0v) is 18.2. The fourth-order valence-corrected chi connectivity index (χ4v) is 3.07. The maximum Gasteiger partial charge on any atom is 0.228 e. The molecule has 3 rings (SSSR count). The molecule has 1 aliphatic carbocycles. The molecule has 1 fully saturated rings. The van der Waals surface area contributed by atoms with Crippen molar-refractivity contribution < 1.29 is 4.79 Å². The molecule has 6 nitrogen and oxygen atoms in total. The van der Waals surface area contributed by atoms with Gasteiger partial charge in [-0.3, -0.25) is 4.79 Å². The van der Waals surface area contributed by atoms with Crippen LogP contribution in [-0.4, -0.2) is 21.6 Å². The molecule has 1 saturated carbocycles. The summed E-state index contributed by atoms with van der Waals surface area (Å²) in [7, 11) is 0. The maximum atomic E-state index is 12.1. The number of amides is 1. The van der Waals surface area contributed by atoms with Crippen molar-refractivity contribution in [2.75, 3.05) is 10.6 Å². The summed E-state index contributed by atoms with van der Waals surface area (Å²) >= 11 is 0. The molecule has 0 radical (unpaired) electrons. The lowest BCUT2D eigenvalue weighted by Crippen LogP contribution is -2.14. The lowest BCUT2D eigenvalue weighted by molar-refractivity contribution is -0.117. The van der Waals surface area contributed by atoms with E-state index < -0.39 is 0 Å². The number of para-hydroxylation sites is 1. The number of aromatic nitrogens is 2. The van der Waals surface area contributed by atoms with Crippen LogP contribution in [0.1, 0.15) is 39.5 Å². The highest BCUT2D eigenvalue weighted by Gasteiger charge is 2.29. The van der Waals surface area contributed by atoms with Gasteiger partial charge in [0.2, 0.25) is 5.91 Å². The lowest BCUT2D eigenvalue weighted by atomic mass is 10.0. The van der Waals surface area contributed by atoms with Gasteiger partial charge in [0, 0.05) is 34.6 Å². The Balaban J connectivity index is 1.77. The second-order valence-corrected chi connectivity index (χ2v) is 7.78. The summed E-state index contributed by atoms with van der Waals surface area (Å²) in [5.41, 5.74) is 5.27. The van der Waals surface area contributed by atoms with E-state index in [0.717, 1.165) is 36.1 Å². The molecule has 0 bridgehead atoms. The Morgan fingerprint density at radius 1 is 1.23 bits per heavy atom. The minimum atomic E-state index is 0.0130. The summed E-state index contributed by atoms with van der Waals surface area (Å²) in [6.07, 6.45) is 6.84. The monoisotopic (exact) mass is 415 g/mol. The van der Waals surface area contributed by atoms with Crippen molar-refractivity contribution in [3.05, 3.63) is 72.7 Å². The first-order valence-corrected chi connectivity index (χ1v) is 10.5. The summed E-state index contributed by atoms with van der Waals surface area (Å²) in [6, 6.07) is 9.56. The van der Waals surface area contributed by atoms with Gasteiger partial charge in [-0.15, -0.1) is 0 Å². The summed E-state index contributed by atoms with van der Waals surface area (Å²) in [5, 5.41) is 14.3. The van der Waals surface area contributed by atoms with Gasteiger partial charge in [-0.25, -0.2) is 9.97 Å². The van der Waals surface area contributed by atoms with Crippen molar-refractivity contribution >= 4 is 23.1 Å². The third-order valence-corrected chi connectivity index (χ3v) is 5.11. The molecule has 0 spiro atoms. The van der Waals surface area contributed by atoms with Gasteiger partial charge in [0.1, 0.15) is 12.1 Å². The number of hydrogen-bond donors (Lipinski definition) is 3. The van der Waals surface area contributed by atoms with Crippen molar-refractivity contribution in [1.82, 2.24) is 9.97 Å². The van der Waals surface area contributed by atoms with Crippen LogP contribution in [0.15, 0.2) is 72.7 Å². The topological polar surface area (TPSA) is 90.8 Å². The molecule has 2 aromatic rings. The van der Waals surface area contributed by atoms with Crippen molar-refractivity contribution in [2.45, 2.75) is 39.5 Å². The Labute approximate surface area is 183 Å². The highest BCUT2D eigenvalue weighted by Crippen LogP contribution is 2.31. The summed E-state index contributed by atoms with van der Waals surface area (Å²) in [5.74, 6) is 0.621. The molecule has 1 aromatic heterocycles. The van der Waals surface area contributed by atoms with Gasteiger partial charge >= 0.3 is 0 Å². The molecule has 1 heterocycles. The summed E-state index contributed by atoms with van der Waals surface area (Å²) in [6.45, 7) is 12.1. The Kier molecular flexibility index (Phi) is 7.13. The Morgan fingerprint density at radius 2 is 1.97 bits per heavy atom. The van der Waals surface area contributed by atoms with Crippen molar-refractivity contribution in [3.63, 3.8) is 0 Å². The van der Waals surface area contributed by atoms with E-state index >= 15 is 0 Å². The molecule has 1 amide bonds. The van der Waals surface area contributed by atoms with Gasteiger partial charge in [0.05, 0.1) is 5.69 Å². The van der Waals surface area contributed by atoms with Crippen LogP contribution < -0.4 is 10.6 Å². The van der Waals surface area contributed by atoms with Gasteiger partial charge in [0.15, 0.2) is 0 Å². The van der Waals surface area contributed by atoms with E-state index in [0.29, 0.717) is 34.9 Å². The number of carbonyl (C=O) groups excluding carboxylic acids is 1. The molecule has 160 valence electrons. The first kappa shape index (κ1) is 22.2. The lowest BCUT2D eigenvalue weighted by Gasteiger charge is -2.15. The molecule has 6 heteroatoms. The second kappa shape index (κ2) is 9.98. The van der Waals surface area contributed by atoms with E-state index in [4.69, 9.17) is 5.41 Å². The Hall–Kier alpha value is -3.54. The number of anilines is 2. The Morgan fingerprint density at radius 3 is 2.68 bits per heavy atom. The first-order chi connectivity index (χ1) is 14.9. The smallest absolute Gasteiger partial charge is 0.228 e. The number of allylic oxidation sites excluding steroid dienone is 3. The van der Waals surface area contributed by atoms with E-state index in [1.54, 1.807) is 6.07 Å². The SMILES string of the molecule is C=C(/C=C(/C)C(=C)Nc1ccccc1-c1cc(NC(=O)C2CC2)ncn1)C(=N)CCC. The number of benzene rings is 1. The number of carbonyl (C=O) groups is 1. The number of hydrogen-bond acceptors (Lipinski definition) is 5. The van der Waals surface area contributed by atoms with Crippen molar-refractivity contribution in [2.24, 2.45) is 5.92 Å². The predicted molar refractivity (Wildman–Crippen MR) is 127 cm³/mol. The largest absolute Gasteiger partial charge is 0.355 e. The van der Waals surface area contributed by atoms with Crippen LogP contribution in [0.25, 0.3) is 11.3 Å². The van der Waals surface area contributed by atoms with E-state index in [9.17, 15) is 4.79 Å². The van der Waals surface area contributed by atoms with Crippen LogP contribution in [0.2, 0.25) is 0 Å². The quantitative estimate of drug-likeness (QED) is 0.341. The zero-order valence-electron chi connectivity index (χ0n) is 18.2. The van der Waals surface area contributed by atoms with Crippen LogP contribution in [0.4, 0.5) is 11.5 Å². The van der Waals surface area contributed by atoms with Crippen LogP contribution in [0, 0.1) is 11.3 Å². The molecule has 1 aromatic carbocycles. The molecule has 3 N–H and O–H groups in total. The van der Waals surface area contributed by atoms with Crippen LogP contribution >= 0.6 is 0 Å². The molecule has 0 aliphatic heterocycles. The zero-order chi connectivity index (χ0) is 22.4. The maximum absolute atomic E-state index is 12.1. The number of rotatable bonds is 10. The summed E-state index contributed by atoms with van der Waals surface area (Å²) < 4.78 is 0. The van der Waals surface area contributed by atoms with Gasteiger partial charge < -0.3 is 16.0 Å². The fraction of sp³-hybridized carbons (Fsp3) is 0.280. The highest BCUT2D eigenvalue weighted by atomic mass is 16.2. The Bertz CT molecular complexity index is 1050. The van der Waals surface area contributed by atoms with Crippen molar-refractivity contribution in [1.29, 1.82) is 5.41 Å². The molecular formula is C25H29N5O. The van der Waals surface area contributed by atoms with E-state index in [1.807, 2.05) is 44.2 Å². The molecular weight excluding hydrogens is 386 g/mol. The summed E-state index contributed by atoms with van der Waals surface area (Å²) in [4.78, 5) is 20.6. The van der Waals surface area contributed by atoms with Crippen molar-refractivity contribution in [3.8, 4) is 11.3 Å². The van der Waals surface area contributed by atoms with Crippen LogP contribution in [0.3, 0.4) is 0 Å². The third-order valence-electron chi connectivity index (χ3n) is 5.11. The first-order valence-electron chi connectivity index (χ1n) is 10.5. The fourth-order valence-electron chi connectivity index (χ4n) is 3.07. The van der Waals surface area contributed by atoms with Gasteiger partial charge in [0.25, 0.3) is 0 Å². The van der Waals surface area contributed by atoms with E-state index in [1.165, 1.54) is 6.33 Å². The standard InChI is InChI=1S/C25H29N5O/c1-5-8-21(26)17(3)13-16(2)18(4)29-22-10-7-6-9-20(22)23-14-24(28-15-27-23)30-25(31)19-11-12-19/h6-7,9-10,13-15,19,26,29H,3-5,8,11-12H2,1-2H3,(H,27,28,30,31)/b16-13-,26-21?. The minimum Gasteiger partial charge on any atom is -0.355 e. The molecule has 0 saturated heterocycles. The van der Waals surface area contributed by atoms with Crippen LogP contribution in [-0.2, 0) is 4.79 Å². The van der Waals surface area contributed by atoms with E-state index in [2.05, 4.69) is 33.8 Å². The molecule has 31 heavy (non-hydrogen) atoms.